The van der Waals surface area contributed by atoms with Crippen LogP contribution in [0.2, 0.25) is 4.34 Å². The van der Waals surface area contributed by atoms with Gasteiger partial charge in [-0.25, -0.2) is 0 Å². The predicted octanol–water partition coefficient (Wildman–Crippen LogP) is 3.22. The third kappa shape index (κ3) is 5.28. The Kier molecular flexibility index (Phi) is 6.48. The maximum atomic E-state index is 12.4. The molecule has 0 saturated carbocycles. The van der Waals surface area contributed by atoms with Gasteiger partial charge in [-0.1, -0.05) is 41.9 Å². The first kappa shape index (κ1) is 18.4. The predicted molar refractivity (Wildman–Crippen MR) is 104 cm³/mol. The highest BCUT2D eigenvalue weighted by atomic mass is 35.5. The van der Waals surface area contributed by atoms with E-state index in [0.717, 1.165) is 42.6 Å². The number of carbonyl (C=O) groups is 1. The summed E-state index contributed by atoms with van der Waals surface area (Å²) in [5.41, 5.74) is 1.13. The quantitative estimate of drug-likeness (QED) is 0.839. The Morgan fingerprint density at radius 3 is 2.52 bits per heavy atom. The van der Waals surface area contributed by atoms with Gasteiger partial charge in [0.25, 0.3) is 0 Å². The van der Waals surface area contributed by atoms with Gasteiger partial charge in [0.1, 0.15) is 0 Å². The van der Waals surface area contributed by atoms with Crippen molar-refractivity contribution >= 4 is 28.8 Å². The molecule has 134 valence electrons. The van der Waals surface area contributed by atoms with E-state index in [-0.39, 0.29) is 11.9 Å². The zero-order valence-electron chi connectivity index (χ0n) is 14.5. The first-order valence-corrected chi connectivity index (χ1v) is 9.83. The maximum absolute atomic E-state index is 12.4. The van der Waals surface area contributed by atoms with E-state index in [1.165, 1.54) is 4.88 Å². The molecule has 0 bridgehead atoms. The zero-order chi connectivity index (χ0) is 17.6. The van der Waals surface area contributed by atoms with E-state index in [9.17, 15) is 4.79 Å². The van der Waals surface area contributed by atoms with Crippen LogP contribution in [-0.2, 0) is 17.9 Å². The third-order valence-electron chi connectivity index (χ3n) is 4.65. The molecular formula is C19H24ClN3OS. The summed E-state index contributed by atoms with van der Waals surface area (Å²) in [6.45, 7) is 7.31. The summed E-state index contributed by atoms with van der Waals surface area (Å²) in [5.74, 6) is 0.0994. The Balaban J connectivity index is 1.42. The molecule has 2 aromatic rings. The van der Waals surface area contributed by atoms with Crippen molar-refractivity contribution in [2.24, 2.45) is 0 Å². The summed E-state index contributed by atoms with van der Waals surface area (Å²) in [7, 11) is 0. The number of amides is 1. The second-order valence-corrected chi connectivity index (χ2v) is 8.20. The third-order valence-corrected chi connectivity index (χ3v) is 5.87. The summed E-state index contributed by atoms with van der Waals surface area (Å²) in [6.07, 6.45) is 0. The lowest BCUT2D eigenvalue weighted by molar-refractivity contribution is -0.126. The molecule has 0 spiro atoms. The van der Waals surface area contributed by atoms with E-state index >= 15 is 0 Å². The SMILES string of the molecule is C[C@@H](C(=O)NCc1ccccc1)N1CCN(Cc2ccc(Cl)s2)CC1. The van der Waals surface area contributed by atoms with Crippen molar-refractivity contribution < 1.29 is 4.79 Å². The van der Waals surface area contributed by atoms with Crippen molar-refractivity contribution in [1.82, 2.24) is 15.1 Å². The molecule has 6 heteroatoms. The normalized spacial score (nSPS) is 17.4. The molecule has 1 N–H and O–H groups in total. The van der Waals surface area contributed by atoms with Gasteiger partial charge in [0.2, 0.25) is 5.91 Å². The number of hydrogen-bond donors (Lipinski definition) is 1. The molecule has 1 amide bonds. The minimum atomic E-state index is -0.0953. The molecule has 0 radical (unpaired) electrons. The van der Waals surface area contributed by atoms with Crippen LogP contribution in [0.3, 0.4) is 0 Å². The Hall–Kier alpha value is -1.40. The Labute approximate surface area is 158 Å². The van der Waals surface area contributed by atoms with Gasteiger partial charge < -0.3 is 5.32 Å². The number of halogens is 1. The van der Waals surface area contributed by atoms with E-state index in [1.54, 1.807) is 11.3 Å². The second kappa shape index (κ2) is 8.81. The van der Waals surface area contributed by atoms with Crippen LogP contribution in [0.25, 0.3) is 0 Å². The fourth-order valence-corrected chi connectivity index (χ4v) is 4.19. The fraction of sp³-hybridized carbons (Fsp3) is 0.421. The number of rotatable bonds is 6. The summed E-state index contributed by atoms with van der Waals surface area (Å²) in [5, 5.41) is 3.04. The molecule has 2 heterocycles. The Bertz CT molecular complexity index is 683. The highest BCUT2D eigenvalue weighted by Gasteiger charge is 2.25. The van der Waals surface area contributed by atoms with Crippen molar-refractivity contribution in [2.45, 2.75) is 26.1 Å². The standard InChI is InChI=1S/C19H24ClN3OS/c1-15(19(24)21-13-16-5-3-2-4-6-16)23-11-9-22(10-12-23)14-17-7-8-18(20)25-17/h2-8,15H,9-14H2,1H3,(H,21,24)/t15-/m0/s1. The minimum absolute atomic E-state index is 0.0953. The summed E-state index contributed by atoms with van der Waals surface area (Å²) in [4.78, 5) is 18.4. The van der Waals surface area contributed by atoms with Crippen molar-refractivity contribution in [3.63, 3.8) is 0 Å². The first-order chi connectivity index (χ1) is 12.1. The fourth-order valence-electron chi connectivity index (χ4n) is 3.06. The maximum Gasteiger partial charge on any atom is 0.237 e. The van der Waals surface area contributed by atoms with Gasteiger partial charge in [0, 0.05) is 44.1 Å². The summed E-state index contributed by atoms with van der Waals surface area (Å²) >= 11 is 7.64. The molecule has 0 aliphatic carbocycles. The van der Waals surface area contributed by atoms with Crippen LogP contribution in [-0.4, -0.2) is 47.9 Å². The molecule has 25 heavy (non-hydrogen) atoms. The number of piperazine rings is 1. The molecule has 0 unspecified atom stereocenters. The second-order valence-electron chi connectivity index (χ2n) is 6.40. The number of thiophene rings is 1. The van der Waals surface area contributed by atoms with Crippen LogP contribution in [0.15, 0.2) is 42.5 Å². The zero-order valence-corrected chi connectivity index (χ0v) is 16.0. The first-order valence-electron chi connectivity index (χ1n) is 8.64. The largest absolute Gasteiger partial charge is 0.351 e. The summed E-state index contributed by atoms with van der Waals surface area (Å²) < 4.78 is 0.845. The van der Waals surface area contributed by atoms with Crippen LogP contribution in [0.5, 0.6) is 0 Å². The van der Waals surface area contributed by atoms with Crippen molar-refractivity contribution in [3.05, 3.63) is 57.2 Å². The van der Waals surface area contributed by atoms with Crippen LogP contribution >= 0.6 is 22.9 Å². The lowest BCUT2D eigenvalue weighted by Gasteiger charge is -2.37. The van der Waals surface area contributed by atoms with Gasteiger partial charge in [-0.3, -0.25) is 14.6 Å². The van der Waals surface area contributed by atoms with Crippen LogP contribution in [0.4, 0.5) is 0 Å². The average Bonchev–Trinajstić information content (AvgIpc) is 3.05. The Morgan fingerprint density at radius 2 is 1.88 bits per heavy atom. The molecule has 1 aliphatic rings. The molecule has 1 atom stereocenters. The smallest absolute Gasteiger partial charge is 0.237 e. The van der Waals surface area contributed by atoms with Gasteiger partial charge in [0.05, 0.1) is 10.4 Å². The van der Waals surface area contributed by atoms with E-state index in [2.05, 4.69) is 21.2 Å². The number of benzene rings is 1. The molecule has 1 aliphatic heterocycles. The monoisotopic (exact) mass is 377 g/mol. The van der Waals surface area contributed by atoms with Gasteiger partial charge in [-0.15, -0.1) is 11.3 Å². The molecule has 3 rings (SSSR count). The van der Waals surface area contributed by atoms with Gasteiger partial charge in [-0.05, 0) is 24.6 Å². The molecule has 1 aromatic carbocycles. The average molecular weight is 378 g/mol. The molecular weight excluding hydrogens is 354 g/mol. The highest BCUT2D eigenvalue weighted by molar-refractivity contribution is 7.16. The molecule has 4 nitrogen and oxygen atoms in total. The lowest BCUT2D eigenvalue weighted by atomic mass is 10.2. The molecule has 1 fully saturated rings. The number of carbonyl (C=O) groups excluding carboxylic acids is 1. The van der Waals surface area contributed by atoms with E-state index in [1.807, 2.05) is 43.3 Å². The van der Waals surface area contributed by atoms with Crippen molar-refractivity contribution in [2.75, 3.05) is 26.2 Å². The highest BCUT2D eigenvalue weighted by Crippen LogP contribution is 2.23. The van der Waals surface area contributed by atoms with E-state index in [0.29, 0.717) is 6.54 Å². The number of hydrogen-bond acceptors (Lipinski definition) is 4. The Morgan fingerprint density at radius 1 is 1.16 bits per heavy atom. The lowest BCUT2D eigenvalue weighted by Crippen LogP contribution is -2.53. The number of nitrogens with one attached hydrogen (secondary N) is 1. The van der Waals surface area contributed by atoms with Crippen molar-refractivity contribution in [3.8, 4) is 0 Å². The summed E-state index contributed by atoms with van der Waals surface area (Å²) in [6, 6.07) is 14.0. The van der Waals surface area contributed by atoms with Crippen molar-refractivity contribution in [1.29, 1.82) is 0 Å². The van der Waals surface area contributed by atoms with Gasteiger partial charge >= 0.3 is 0 Å². The molecule has 1 saturated heterocycles. The minimum Gasteiger partial charge on any atom is -0.351 e. The number of nitrogens with zero attached hydrogens (tertiary/aromatic N) is 2. The van der Waals surface area contributed by atoms with E-state index in [4.69, 9.17) is 11.6 Å². The van der Waals surface area contributed by atoms with E-state index < -0.39 is 0 Å². The van der Waals surface area contributed by atoms with Crippen LogP contribution < -0.4 is 5.32 Å². The topological polar surface area (TPSA) is 35.6 Å². The van der Waals surface area contributed by atoms with Gasteiger partial charge in [0.15, 0.2) is 0 Å². The van der Waals surface area contributed by atoms with Crippen LogP contribution in [0.1, 0.15) is 17.4 Å². The molecule has 1 aromatic heterocycles. The van der Waals surface area contributed by atoms with Crippen LogP contribution in [0, 0.1) is 0 Å². The van der Waals surface area contributed by atoms with Gasteiger partial charge in [-0.2, -0.15) is 0 Å².